The van der Waals surface area contributed by atoms with Crippen LogP contribution in [0.1, 0.15) is 16.3 Å². The van der Waals surface area contributed by atoms with E-state index < -0.39 is 0 Å². The Balaban J connectivity index is 2.19. The van der Waals surface area contributed by atoms with Gasteiger partial charge in [-0.05, 0) is 12.1 Å². The van der Waals surface area contributed by atoms with Crippen LogP contribution < -0.4 is 5.73 Å². The Labute approximate surface area is 115 Å². The molecule has 0 aromatic carbocycles. The van der Waals surface area contributed by atoms with Gasteiger partial charge in [0.2, 0.25) is 0 Å². The van der Waals surface area contributed by atoms with E-state index >= 15 is 0 Å². The number of hydrogen-bond donors (Lipinski definition) is 1. The molecule has 2 heterocycles. The average molecular weight is 280 g/mol. The van der Waals surface area contributed by atoms with Gasteiger partial charge < -0.3 is 15.2 Å². The monoisotopic (exact) mass is 279 g/mol. The van der Waals surface area contributed by atoms with E-state index in [1.807, 2.05) is 17.8 Å². The molecule has 0 bridgehead atoms. The van der Waals surface area contributed by atoms with Gasteiger partial charge in [-0.3, -0.25) is 4.79 Å². The van der Waals surface area contributed by atoms with Crippen LogP contribution >= 0.6 is 11.6 Å². The van der Waals surface area contributed by atoms with E-state index in [0.717, 1.165) is 5.82 Å². The van der Waals surface area contributed by atoms with Crippen LogP contribution in [-0.2, 0) is 13.6 Å². The highest BCUT2D eigenvalue weighted by Crippen LogP contribution is 2.17. The largest absolute Gasteiger partial charge is 0.384 e. The number of carbonyl (C=O) groups is 1. The molecule has 0 aliphatic heterocycles. The fourth-order valence-corrected chi connectivity index (χ4v) is 1.81. The number of aromatic nitrogens is 3. The number of halogens is 1. The minimum absolute atomic E-state index is 0.151. The van der Waals surface area contributed by atoms with Gasteiger partial charge in [-0.25, -0.2) is 9.97 Å². The normalized spacial score (nSPS) is 10.5. The molecular weight excluding hydrogens is 266 g/mol. The Bertz CT molecular complexity index is 610. The first kappa shape index (κ1) is 13.4. The molecule has 100 valence electrons. The number of nitrogens with two attached hydrogens (primary N) is 1. The Kier molecular flexibility index (Phi) is 3.71. The lowest BCUT2D eigenvalue weighted by Crippen LogP contribution is -2.28. The summed E-state index contributed by atoms with van der Waals surface area (Å²) in [5, 5.41) is 0.283. The molecular formula is C12H14ClN5O. The number of nitrogen functional groups attached to an aromatic ring is 1. The molecule has 6 nitrogen and oxygen atoms in total. The second-order valence-electron chi connectivity index (χ2n) is 4.18. The Morgan fingerprint density at radius 2 is 2.26 bits per heavy atom. The van der Waals surface area contributed by atoms with E-state index in [2.05, 4.69) is 9.97 Å². The van der Waals surface area contributed by atoms with E-state index in [1.165, 1.54) is 4.90 Å². The number of pyridine rings is 1. The summed E-state index contributed by atoms with van der Waals surface area (Å²) in [5.41, 5.74) is 5.72. The molecule has 2 N–H and O–H groups in total. The summed E-state index contributed by atoms with van der Waals surface area (Å²) in [5.74, 6) is 0.745. The molecule has 0 fully saturated rings. The zero-order chi connectivity index (χ0) is 14.0. The van der Waals surface area contributed by atoms with Gasteiger partial charge in [-0.1, -0.05) is 11.6 Å². The number of rotatable bonds is 3. The third-order valence-corrected chi connectivity index (χ3v) is 3.02. The van der Waals surface area contributed by atoms with Gasteiger partial charge >= 0.3 is 0 Å². The molecule has 0 unspecified atom stereocenters. The maximum absolute atomic E-state index is 12.2. The highest BCUT2D eigenvalue weighted by molar-refractivity contribution is 6.33. The smallest absolute Gasteiger partial charge is 0.274 e. The average Bonchev–Trinajstić information content (AvgIpc) is 2.77. The number of hydrogen-bond acceptors (Lipinski definition) is 4. The second kappa shape index (κ2) is 5.27. The standard InChI is InChI=1S/C12H14ClN5O/c1-17-6-5-15-10(17)7-18(2)12(19)11-8(13)3-4-9(14)16-11/h3-6H,7H2,1-2H3,(H2,14,16). The third kappa shape index (κ3) is 2.85. The molecule has 1 amide bonds. The Hall–Kier alpha value is -2.08. The summed E-state index contributed by atoms with van der Waals surface area (Å²) >= 11 is 5.96. The van der Waals surface area contributed by atoms with Crippen molar-refractivity contribution in [3.63, 3.8) is 0 Å². The summed E-state index contributed by atoms with van der Waals surface area (Å²) in [7, 11) is 3.53. The van der Waals surface area contributed by atoms with Crippen molar-refractivity contribution in [3.05, 3.63) is 41.1 Å². The van der Waals surface area contributed by atoms with Crippen molar-refractivity contribution in [1.29, 1.82) is 0 Å². The van der Waals surface area contributed by atoms with E-state index in [9.17, 15) is 4.79 Å². The number of nitrogens with zero attached hydrogens (tertiary/aromatic N) is 4. The van der Waals surface area contributed by atoms with Crippen LogP contribution in [-0.4, -0.2) is 32.4 Å². The van der Waals surface area contributed by atoms with E-state index in [1.54, 1.807) is 25.4 Å². The number of carbonyl (C=O) groups excluding carboxylic acids is 1. The second-order valence-corrected chi connectivity index (χ2v) is 4.59. The first-order valence-electron chi connectivity index (χ1n) is 5.62. The van der Waals surface area contributed by atoms with Gasteiger partial charge in [0, 0.05) is 26.5 Å². The lowest BCUT2D eigenvalue weighted by atomic mass is 10.3. The molecule has 2 aromatic heterocycles. The van der Waals surface area contributed by atoms with Gasteiger partial charge in [-0.2, -0.15) is 0 Å². The van der Waals surface area contributed by atoms with Crippen LogP contribution in [0.5, 0.6) is 0 Å². The van der Waals surface area contributed by atoms with Crippen molar-refractivity contribution in [2.24, 2.45) is 7.05 Å². The van der Waals surface area contributed by atoms with Gasteiger partial charge in [0.25, 0.3) is 5.91 Å². The zero-order valence-corrected chi connectivity index (χ0v) is 11.4. The molecule has 2 rings (SSSR count). The molecule has 7 heteroatoms. The van der Waals surface area contributed by atoms with Crippen molar-refractivity contribution < 1.29 is 4.79 Å². The number of aryl methyl sites for hydroxylation is 1. The molecule has 0 atom stereocenters. The van der Waals surface area contributed by atoms with Crippen molar-refractivity contribution in [2.45, 2.75) is 6.54 Å². The number of anilines is 1. The third-order valence-electron chi connectivity index (χ3n) is 2.72. The molecule has 0 spiro atoms. The molecule has 0 aliphatic carbocycles. The lowest BCUT2D eigenvalue weighted by molar-refractivity contribution is 0.0775. The quantitative estimate of drug-likeness (QED) is 0.919. The molecule has 0 saturated carbocycles. The van der Waals surface area contributed by atoms with E-state index in [0.29, 0.717) is 6.54 Å². The summed E-state index contributed by atoms with van der Waals surface area (Å²) in [6.45, 7) is 0.370. The highest BCUT2D eigenvalue weighted by atomic mass is 35.5. The SMILES string of the molecule is CN(Cc1nccn1C)C(=O)c1nc(N)ccc1Cl. The number of amides is 1. The minimum Gasteiger partial charge on any atom is -0.384 e. The van der Waals surface area contributed by atoms with Crippen molar-refractivity contribution in [3.8, 4) is 0 Å². The minimum atomic E-state index is -0.291. The first-order chi connectivity index (χ1) is 8.99. The fraction of sp³-hybridized carbons (Fsp3) is 0.250. The fourth-order valence-electron chi connectivity index (χ4n) is 1.62. The van der Waals surface area contributed by atoms with Crippen LogP contribution in [0.4, 0.5) is 5.82 Å². The maximum Gasteiger partial charge on any atom is 0.274 e. The van der Waals surface area contributed by atoms with Crippen LogP contribution in [0, 0.1) is 0 Å². The summed E-state index contributed by atoms with van der Waals surface area (Å²) in [4.78, 5) is 21.9. The van der Waals surface area contributed by atoms with Gasteiger partial charge in [0.05, 0.1) is 11.6 Å². The lowest BCUT2D eigenvalue weighted by Gasteiger charge is -2.17. The summed E-state index contributed by atoms with van der Waals surface area (Å²) in [6, 6.07) is 3.11. The maximum atomic E-state index is 12.2. The Morgan fingerprint density at radius 1 is 1.53 bits per heavy atom. The van der Waals surface area contributed by atoms with E-state index in [4.69, 9.17) is 17.3 Å². The molecule has 0 radical (unpaired) electrons. The highest BCUT2D eigenvalue weighted by Gasteiger charge is 2.18. The topological polar surface area (TPSA) is 77.0 Å². The zero-order valence-electron chi connectivity index (χ0n) is 10.7. The predicted molar refractivity (Wildman–Crippen MR) is 72.7 cm³/mol. The van der Waals surface area contributed by atoms with Crippen LogP contribution in [0.25, 0.3) is 0 Å². The van der Waals surface area contributed by atoms with E-state index in [-0.39, 0.29) is 22.4 Å². The van der Waals surface area contributed by atoms with Crippen molar-refractivity contribution in [2.75, 3.05) is 12.8 Å². The van der Waals surface area contributed by atoms with Crippen LogP contribution in [0.2, 0.25) is 5.02 Å². The molecule has 19 heavy (non-hydrogen) atoms. The summed E-state index contributed by atoms with van der Waals surface area (Å²) < 4.78 is 1.85. The molecule has 0 aliphatic rings. The van der Waals surface area contributed by atoms with Gasteiger partial charge in [0.15, 0.2) is 0 Å². The predicted octanol–water partition coefficient (Wildman–Crippen LogP) is 1.32. The molecule has 0 saturated heterocycles. The van der Waals surface area contributed by atoms with Crippen molar-refractivity contribution >= 4 is 23.3 Å². The first-order valence-corrected chi connectivity index (χ1v) is 6.00. The Morgan fingerprint density at radius 3 is 2.89 bits per heavy atom. The number of imidazole rings is 1. The summed E-state index contributed by atoms with van der Waals surface area (Å²) in [6.07, 6.45) is 3.50. The van der Waals surface area contributed by atoms with Crippen molar-refractivity contribution in [1.82, 2.24) is 19.4 Å². The van der Waals surface area contributed by atoms with Gasteiger partial charge in [-0.15, -0.1) is 0 Å². The van der Waals surface area contributed by atoms with Crippen LogP contribution in [0.3, 0.4) is 0 Å². The molecule has 2 aromatic rings. The van der Waals surface area contributed by atoms with Gasteiger partial charge in [0.1, 0.15) is 17.3 Å². The van der Waals surface area contributed by atoms with Crippen LogP contribution in [0.15, 0.2) is 24.5 Å².